The van der Waals surface area contributed by atoms with E-state index in [-0.39, 0.29) is 11.8 Å². The summed E-state index contributed by atoms with van der Waals surface area (Å²) in [6.07, 6.45) is 0. The lowest BCUT2D eigenvalue weighted by Crippen LogP contribution is -2.60. The van der Waals surface area contributed by atoms with E-state index >= 15 is 0 Å². The summed E-state index contributed by atoms with van der Waals surface area (Å²) in [6.45, 7) is 5.29. The second-order valence-corrected chi connectivity index (χ2v) is 7.43. The van der Waals surface area contributed by atoms with Crippen molar-refractivity contribution in [1.29, 1.82) is 0 Å². The molecule has 0 bridgehead atoms. The minimum atomic E-state index is -0.233. The van der Waals surface area contributed by atoms with Gasteiger partial charge in [0.25, 0.3) is 0 Å². The van der Waals surface area contributed by atoms with Crippen LogP contribution in [0.5, 0.6) is 0 Å². The zero-order valence-corrected chi connectivity index (χ0v) is 14.2. The third-order valence-corrected chi connectivity index (χ3v) is 5.78. The molecule has 2 aromatic rings. The van der Waals surface area contributed by atoms with Crippen molar-refractivity contribution >= 4 is 27.5 Å². The summed E-state index contributed by atoms with van der Waals surface area (Å²) in [5.41, 5.74) is 0. The number of amides is 2. The van der Waals surface area contributed by atoms with E-state index in [4.69, 9.17) is 4.74 Å². The quantitative estimate of drug-likeness (QED) is 0.905. The Morgan fingerprint density at radius 2 is 2.25 bits per heavy atom. The fraction of sp³-hybridized carbons (Fsp3) is 0.471. The summed E-state index contributed by atoms with van der Waals surface area (Å²) < 4.78 is 19.8. The molecule has 2 aliphatic rings. The molecule has 0 radical (unpaired) electrons. The molecule has 24 heavy (non-hydrogen) atoms. The highest BCUT2D eigenvalue weighted by Gasteiger charge is 2.31. The number of rotatable bonds is 2. The average Bonchev–Trinajstić information content (AvgIpc) is 3.01. The van der Waals surface area contributed by atoms with E-state index < -0.39 is 0 Å². The molecule has 1 aromatic carbocycles. The maximum absolute atomic E-state index is 13.3. The molecular formula is C17H20FN3O2S. The summed E-state index contributed by atoms with van der Waals surface area (Å²) in [6, 6.07) is 6.99. The molecular weight excluding hydrogens is 329 g/mol. The largest absolute Gasteiger partial charge is 0.378 e. The van der Waals surface area contributed by atoms with Crippen molar-refractivity contribution in [2.24, 2.45) is 0 Å². The van der Waals surface area contributed by atoms with Gasteiger partial charge in [-0.15, -0.1) is 11.3 Å². The zero-order chi connectivity index (χ0) is 16.5. The van der Waals surface area contributed by atoms with E-state index in [0.29, 0.717) is 25.7 Å². The van der Waals surface area contributed by atoms with E-state index in [9.17, 15) is 9.18 Å². The topological polar surface area (TPSA) is 44.8 Å². The Kier molecular flexibility index (Phi) is 4.39. The normalized spacial score (nSPS) is 21.7. The Labute approximate surface area is 144 Å². The van der Waals surface area contributed by atoms with Gasteiger partial charge in [-0.2, -0.15) is 0 Å². The zero-order valence-electron chi connectivity index (χ0n) is 13.3. The number of thiophene rings is 1. The maximum atomic E-state index is 13.3. The fourth-order valence-electron chi connectivity index (χ4n) is 3.36. The molecule has 0 aliphatic carbocycles. The Balaban J connectivity index is 1.35. The van der Waals surface area contributed by atoms with Gasteiger partial charge in [-0.3, -0.25) is 4.90 Å². The number of benzene rings is 1. The van der Waals surface area contributed by atoms with Crippen molar-refractivity contribution in [2.75, 3.05) is 39.4 Å². The van der Waals surface area contributed by atoms with E-state index in [2.05, 4.69) is 10.2 Å². The number of halogens is 1. The monoisotopic (exact) mass is 349 g/mol. The van der Waals surface area contributed by atoms with E-state index in [0.717, 1.165) is 41.2 Å². The SMILES string of the molecule is O=C(NCc1cc2cc(F)ccc2s1)N1CCN2CCOC[C@@H]2C1. The highest BCUT2D eigenvalue weighted by molar-refractivity contribution is 7.19. The Morgan fingerprint density at radius 3 is 3.17 bits per heavy atom. The number of fused-ring (bicyclic) bond motifs is 2. The van der Waals surface area contributed by atoms with E-state index in [1.807, 2.05) is 11.0 Å². The van der Waals surface area contributed by atoms with Crippen LogP contribution in [0.4, 0.5) is 9.18 Å². The molecule has 1 N–H and O–H groups in total. The predicted octanol–water partition coefficient (Wildman–Crippen LogP) is 2.27. The first-order valence-corrected chi connectivity index (χ1v) is 9.03. The van der Waals surface area contributed by atoms with E-state index in [1.165, 1.54) is 12.1 Å². The minimum Gasteiger partial charge on any atom is -0.378 e. The molecule has 128 valence electrons. The van der Waals surface area contributed by atoms with Gasteiger partial charge in [-0.25, -0.2) is 9.18 Å². The number of hydrogen-bond donors (Lipinski definition) is 1. The molecule has 4 rings (SSSR count). The van der Waals surface area contributed by atoms with Gasteiger partial charge >= 0.3 is 6.03 Å². The van der Waals surface area contributed by atoms with Gasteiger partial charge in [-0.1, -0.05) is 0 Å². The molecule has 0 saturated carbocycles. The number of hydrogen-bond acceptors (Lipinski definition) is 4. The highest BCUT2D eigenvalue weighted by Crippen LogP contribution is 2.26. The maximum Gasteiger partial charge on any atom is 0.317 e. The number of urea groups is 1. The number of carbonyl (C=O) groups excluding carboxylic acids is 1. The molecule has 2 aliphatic heterocycles. The number of nitrogens with zero attached hydrogens (tertiary/aromatic N) is 2. The van der Waals surface area contributed by atoms with E-state index in [1.54, 1.807) is 17.4 Å². The van der Waals surface area contributed by atoms with Gasteiger partial charge in [-0.05, 0) is 29.7 Å². The Bertz CT molecular complexity index is 751. The number of ether oxygens (including phenoxy) is 1. The van der Waals surface area contributed by atoms with Gasteiger partial charge in [0.1, 0.15) is 5.82 Å². The molecule has 3 heterocycles. The molecule has 1 atom stereocenters. The number of piperazine rings is 1. The standard InChI is InChI=1S/C17H20FN3O2S/c18-13-1-2-16-12(7-13)8-15(24-16)9-19-17(22)21-4-3-20-5-6-23-11-14(20)10-21/h1-2,7-8,14H,3-6,9-11H2,(H,19,22)/t14-/m0/s1. The van der Waals surface area contributed by atoms with Gasteiger partial charge in [0.15, 0.2) is 0 Å². The van der Waals surface area contributed by atoms with Crippen LogP contribution in [0.1, 0.15) is 4.88 Å². The summed E-state index contributed by atoms with van der Waals surface area (Å²) in [4.78, 5) is 17.7. The summed E-state index contributed by atoms with van der Waals surface area (Å²) in [5.74, 6) is -0.233. The third-order valence-electron chi connectivity index (χ3n) is 4.67. The van der Waals surface area contributed by atoms with Crippen LogP contribution in [0, 0.1) is 5.82 Å². The van der Waals surface area contributed by atoms with Crippen LogP contribution in [-0.4, -0.2) is 61.3 Å². The minimum absolute atomic E-state index is 0.0381. The predicted molar refractivity (Wildman–Crippen MR) is 91.8 cm³/mol. The lowest BCUT2D eigenvalue weighted by molar-refractivity contribution is -0.0365. The van der Waals surface area contributed by atoms with Crippen LogP contribution in [-0.2, 0) is 11.3 Å². The first kappa shape index (κ1) is 15.8. The highest BCUT2D eigenvalue weighted by atomic mass is 32.1. The Hall–Kier alpha value is -1.70. The molecule has 5 nitrogen and oxygen atoms in total. The average molecular weight is 349 g/mol. The van der Waals surface area contributed by atoms with Crippen LogP contribution in [0.2, 0.25) is 0 Å². The number of morpholine rings is 1. The number of carbonyl (C=O) groups is 1. The molecule has 1 aromatic heterocycles. The van der Waals surface area contributed by atoms with Crippen molar-refractivity contribution < 1.29 is 13.9 Å². The van der Waals surface area contributed by atoms with Gasteiger partial charge in [0.05, 0.1) is 25.8 Å². The molecule has 0 unspecified atom stereocenters. The smallest absolute Gasteiger partial charge is 0.317 e. The molecule has 2 saturated heterocycles. The molecule has 2 fully saturated rings. The first-order chi connectivity index (χ1) is 11.7. The summed E-state index contributed by atoms with van der Waals surface area (Å²) in [5, 5.41) is 3.87. The second kappa shape index (κ2) is 6.66. The van der Waals surface area contributed by atoms with Crippen LogP contribution in [0.3, 0.4) is 0 Å². The van der Waals surface area contributed by atoms with Crippen molar-refractivity contribution in [1.82, 2.24) is 15.1 Å². The third kappa shape index (κ3) is 3.24. The molecule has 0 spiro atoms. The van der Waals surface area contributed by atoms with Crippen LogP contribution in [0.15, 0.2) is 24.3 Å². The van der Waals surface area contributed by atoms with Crippen LogP contribution in [0.25, 0.3) is 10.1 Å². The molecule has 7 heteroatoms. The van der Waals surface area contributed by atoms with Crippen LogP contribution < -0.4 is 5.32 Å². The summed E-state index contributed by atoms with van der Waals surface area (Å²) in [7, 11) is 0. The van der Waals surface area contributed by atoms with Crippen molar-refractivity contribution in [3.63, 3.8) is 0 Å². The van der Waals surface area contributed by atoms with Gasteiger partial charge in [0, 0.05) is 35.8 Å². The summed E-state index contributed by atoms with van der Waals surface area (Å²) >= 11 is 1.58. The van der Waals surface area contributed by atoms with Gasteiger partial charge in [0.2, 0.25) is 0 Å². The Morgan fingerprint density at radius 1 is 1.33 bits per heavy atom. The van der Waals surface area contributed by atoms with Gasteiger partial charge < -0.3 is 15.0 Å². The second-order valence-electron chi connectivity index (χ2n) is 6.26. The molecule has 2 amide bonds. The van der Waals surface area contributed by atoms with Crippen molar-refractivity contribution in [3.8, 4) is 0 Å². The van der Waals surface area contributed by atoms with Crippen molar-refractivity contribution in [3.05, 3.63) is 35.0 Å². The van der Waals surface area contributed by atoms with Crippen LogP contribution >= 0.6 is 11.3 Å². The lowest BCUT2D eigenvalue weighted by Gasteiger charge is -2.43. The number of nitrogens with one attached hydrogen (secondary N) is 1. The van der Waals surface area contributed by atoms with Crippen molar-refractivity contribution in [2.45, 2.75) is 12.6 Å². The lowest BCUT2D eigenvalue weighted by atomic mass is 10.1. The fourth-order valence-corrected chi connectivity index (χ4v) is 4.35. The first-order valence-electron chi connectivity index (χ1n) is 8.21.